The number of nitrogen functional groups attached to an aromatic ring is 1. The number of ether oxygens (including phenoxy) is 1. The van der Waals surface area contributed by atoms with E-state index in [4.69, 9.17) is 10.5 Å². The standard InChI is InChI=1S/C15H23N3O2/c1-3-20-15(19)13-7-12(16)9-18-14(13)17-8-11-6-4-5-10(11)2/h7,9-11H,3-6,8,16H2,1-2H3,(H,17,18). The van der Waals surface area contributed by atoms with E-state index in [9.17, 15) is 4.79 Å². The second-order valence-corrected chi connectivity index (χ2v) is 5.43. The molecule has 0 saturated heterocycles. The lowest BCUT2D eigenvalue weighted by Gasteiger charge is -2.17. The Bertz CT molecular complexity index is 476. The molecule has 2 unspecified atom stereocenters. The van der Waals surface area contributed by atoms with Gasteiger partial charge in [0.05, 0.1) is 18.5 Å². The maximum absolute atomic E-state index is 11.9. The van der Waals surface area contributed by atoms with Crippen molar-refractivity contribution in [2.75, 3.05) is 24.2 Å². The molecular formula is C15H23N3O2. The zero-order chi connectivity index (χ0) is 14.5. The number of anilines is 2. The molecule has 3 N–H and O–H groups in total. The highest BCUT2D eigenvalue weighted by atomic mass is 16.5. The molecule has 5 heteroatoms. The molecule has 1 aromatic rings. The highest BCUT2D eigenvalue weighted by Gasteiger charge is 2.24. The van der Waals surface area contributed by atoms with Crippen molar-refractivity contribution in [1.29, 1.82) is 0 Å². The molecule has 1 aromatic heterocycles. The summed E-state index contributed by atoms with van der Waals surface area (Å²) in [4.78, 5) is 16.2. The fourth-order valence-electron chi connectivity index (χ4n) is 2.74. The van der Waals surface area contributed by atoms with E-state index in [1.54, 1.807) is 19.2 Å². The van der Waals surface area contributed by atoms with Gasteiger partial charge < -0.3 is 15.8 Å². The highest BCUT2D eigenvalue weighted by molar-refractivity contribution is 5.95. The predicted octanol–water partition coefficient (Wildman–Crippen LogP) is 2.69. The number of esters is 1. The van der Waals surface area contributed by atoms with E-state index in [2.05, 4.69) is 17.2 Å². The Hall–Kier alpha value is -1.78. The number of carbonyl (C=O) groups is 1. The number of carbonyl (C=O) groups excluding carboxylic acids is 1. The molecule has 0 bridgehead atoms. The molecule has 110 valence electrons. The van der Waals surface area contributed by atoms with Gasteiger partial charge in [-0.1, -0.05) is 19.8 Å². The van der Waals surface area contributed by atoms with Gasteiger partial charge in [0.1, 0.15) is 11.4 Å². The fourth-order valence-corrected chi connectivity index (χ4v) is 2.74. The number of rotatable bonds is 5. The SMILES string of the molecule is CCOC(=O)c1cc(N)cnc1NCC1CCCC1C. The molecule has 20 heavy (non-hydrogen) atoms. The van der Waals surface area contributed by atoms with Crippen LogP contribution in [0.15, 0.2) is 12.3 Å². The van der Waals surface area contributed by atoms with Gasteiger partial charge in [-0.25, -0.2) is 9.78 Å². The predicted molar refractivity (Wildman–Crippen MR) is 79.6 cm³/mol. The van der Waals surface area contributed by atoms with Crippen molar-refractivity contribution >= 4 is 17.5 Å². The Morgan fingerprint density at radius 1 is 1.55 bits per heavy atom. The summed E-state index contributed by atoms with van der Waals surface area (Å²) in [6.45, 7) is 5.24. The van der Waals surface area contributed by atoms with Crippen LogP contribution in [0.1, 0.15) is 43.5 Å². The van der Waals surface area contributed by atoms with Gasteiger partial charge in [-0.15, -0.1) is 0 Å². The molecule has 5 nitrogen and oxygen atoms in total. The zero-order valence-corrected chi connectivity index (χ0v) is 12.2. The van der Waals surface area contributed by atoms with Gasteiger partial charge in [-0.05, 0) is 31.2 Å². The highest BCUT2D eigenvalue weighted by Crippen LogP contribution is 2.31. The largest absolute Gasteiger partial charge is 0.462 e. The fraction of sp³-hybridized carbons (Fsp3) is 0.600. The van der Waals surface area contributed by atoms with Crippen LogP contribution in [0.2, 0.25) is 0 Å². The lowest BCUT2D eigenvalue weighted by Crippen LogP contribution is -2.19. The lowest BCUT2D eigenvalue weighted by atomic mass is 9.98. The summed E-state index contributed by atoms with van der Waals surface area (Å²) in [5, 5.41) is 3.28. The minimum atomic E-state index is -0.380. The van der Waals surface area contributed by atoms with E-state index >= 15 is 0 Å². The molecule has 0 amide bonds. The number of hydrogen-bond acceptors (Lipinski definition) is 5. The van der Waals surface area contributed by atoms with E-state index < -0.39 is 0 Å². The van der Waals surface area contributed by atoms with Gasteiger partial charge in [0, 0.05) is 6.54 Å². The number of nitrogens with zero attached hydrogens (tertiary/aromatic N) is 1. The Morgan fingerprint density at radius 3 is 3.00 bits per heavy atom. The van der Waals surface area contributed by atoms with Gasteiger partial charge in [0.25, 0.3) is 0 Å². The Morgan fingerprint density at radius 2 is 2.35 bits per heavy atom. The summed E-state index contributed by atoms with van der Waals surface area (Å²) >= 11 is 0. The number of aromatic nitrogens is 1. The molecule has 2 atom stereocenters. The van der Waals surface area contributed by atoms with Crippen molar-refractivity contribution in [3.63, 3.8) is 0 Å². The van der Waals surface area contributed by atoms with Crippen molar-refractivity contribution in [3.05, 3.63) is 17.8 Å². The summed E-state index contributed by atoms with van der Waals surface area (Å²) in [5.74, 6) is 1.55. The molecule has 0 spiro atoms. The molecule has 0 aromatic carbocycles. The van der Waals surface area contributed by atoms with E-state index in [1.165, 1.54) is 19.3 Å². The smallest absolute Gasteiger partial charge is 0.341 e. The summed E-state index contributed by atoms with van der Waals surface area (Å²) in [6.07, 6.45) is 5.36. The van der Waals surface area contributed by atoms with Gasteiger partial charge >= 0.3 is 5.97 Å². The van der Waals surface area contributed by atoms with Crippen LogP contribution in [0.25, 0.3) is 0 Å². The second kappa shape index (κ2) is 6.59. The third-order valence-corrected chi connectivity index (χ3v) is 3.98. The topological polar surface area (TPSA) is 77.2 Å². The molecule has 0 aliphatic heterocycles. The first kappa shape index (κ1) is 14.6. The average molecular weight is 277 g/mol. The maximum atomic E-state index is 11.9. The van der Waals surface area contributed by atoms with Gasteiger partial charge in [-0.3, -0.25) is 0 Å². The van der Waals surface area contributed by atoms with Gasteiger partial charge in [0.15, 0.2) is 0 Å². The number of nitrogens with one attached hydrogen (secondary N) is 1. The average Bonchev–Trinajstić information content (AvgIpc) is 2.83. The first-order valence-electron chi connectivity index (χ1n) is 7.28. The third kappa shape index (κ3) is 3.40. The maximum Gasteiger partial charge on any atom is 0.341 e. The summed E-state index contributed by atoms with van der Waals surface area (Å²) in [7, 11) is 0. The van der Waals surface area contributed by atoms with Crippen LogP contribution in [-0.4, -0.2) is 24.1 Å². The third-order valence-electron chi connectivity index (χ3n) is 3.98. The minimum Gasteiger partial charge on any atom is -0.462 e. The van der Waals surface area contributed by atoms with Crippen LogP contribution < -0.4 is 11.1 Å². The molecule has 1 aliphatic rings. The second-order valence-electron chi connectivity index (χ2n) is 5.43. The molecule has 2 rings (SSSR count). The Kier molecular flexibility index (Phi) is 4.82. The number of nitrogens with two attached hydrogens (primary N) is 1. The van der Waals surface area contributed by atoms with Crippen LogP contribution in [0.4, 0.5) is 11.5 Å². The summed E-state index contributed by atoms with van der Waals surface area (Å²) in [5.41, 5.74) is 6.58. The minimum absolute atomic E-state index is 0.340. The lowest BCUT2D eigenvalue weighted by molar-refractivity contribution is 0.0527. The van der Waals surface area contributed by atoms with Gasteiger partial charge in [-0.2, -0.15) is 0 Å². The van der Waals surface area contributed by atoms with E-state index in [1.807, 2.05) is 0 Å². The Labute approximate surface area is 119 Å². The van der Waals surface area contributed by atoms with Crippen molar-refractivity contribution in [2.45, 2.75) is 33.1 Å². The van der Waals surface area contributed by atoms with Crippen molar-refractivity contribution in [2.24, 2.45) is 11.8 Å². The van der Waals surface area contributed by atoms with Crippen molar-refractivity contribution in [3.8, 4) is 0 Å². The molecule has 1 saturated carbocycles. The van der Waals surface area contributed by atoms with Crippen LogP contribution in [0.3, 0.4) is 0 Å². The number of pyridine rings is 1. The van der Waals surface area contributed by atoms with Crippen LogP contribution in [0.5, 0.6) is 0 Å². The Balaban J connectivity index is 2.08. The summed E-state index contributed by atoms with van der Waals surface area (Å²) < 4.78 is 5.04. The first-order chi connectivity index (χ1) is 9.61. The van der Waals surface area contributed by atoms with Crippen LogP contribution in [0, 0.1) is 11.8 Å². The molecular weight excluding hydrogens is 254 g/mol. The number of hydrogen-bond donors (Lipinski definition) is 2. The molecule has 1 aliphatic carbocycles. The normalized spacial score (nSPS) is 21.7. The molecule has 1 heterocycles. The van der Waals surface area contributed by atoms with Crippen LogP contribution >= 0.6 is 0 Å². The van der Waals surface area contributed by atoms with Gasteiger partial charge in [0.2, 0.25) is 0 Å². The van der Waals surface area contributed by atoms with E-state index in [0.717, 1.165) is 12.5 Å². The van der Waals surface area contributed by atoms with Crippen molar-refractivity contribution in [1.82, 2.24) is 4.98 Å². The van der Waals surface area contributed by atoms with Crippen molar-refractivity contribution < 1.29 is 9.53 Å². The monoisotopic (exact) mass is 277 g/mol. The van der Waals surface area contributed by atoms with E-state index in [-0.39, 0.29) is 5.97 Å². The molecule has 0 radical (unpaired) electrons. The van der Waals surface area contributed by atoms with E-state index in [0.29, 0.717) is 29.6 Å². The first-order valence-corrected chi connectivity index (χ1v) is 7.28. The zero-order valence-electron chi connectivity index (χ0n) is 12.2. The molecule has 1 fully saturated rings. The van der Waals surface area contributed by atoms with Crippen LogP contribution in [-0.2, 0) is 4.74 Å². The summed E-state index contributed by atoms with van der Waals surface area (Å²) in [6, 6.07) is 1.62. The quantitative estimate of drug-likeness (QED) is 0.809.